The predicted octanol–water partition coefficient (Wildman–Crippen LogP) is 2.83. The van der Waals surface area contributed by atoms with Crippen LogP contribution in [0.3, 0.4) is 0 Å². The van der Waals surface area contributed by atoms with Crippen molar-refractivity contribution in [2.75, 3.05) is 0 Å². The van der Waals surface area contributed by atoms with Crippen molar-refractivity contribution in [2.24, 2.45) is 11.3 Å². The van der Waals surface area contributed by atoms with E-state index in [0.717, 1.165) is 18.9 Å². The number of carbonyl (C=O) groups is 1. The van der Waals surface area contributed by atoms with Gasteiger partial charge in [-0.1, -0.05) is 19.6 Å². The summed E-state index contributed by atoms with van der Waals surface area (Å²) in [5.74, 6) is -0.130. The van der Waals surface area contributed by atoms with E-state index >= 15 is 0 Å². The van der Waals surface area contributed by atoms with Crippen molar-refractivity contribution in [1.82, 2.24) is 0 Å². The molecule has 1 aliphatic rings. The second-order valence-corrected chi connectivity index (χ2v) is 11.2. The normalized spacial score (nSPS) is 22.5. The molecule has 1 atom stereocenters. The minimum absolute atomic E-state index is 0.426. The van der Waals surface area contributed by atoms with Gasteiger partial charge in [0.25, 0.3) is 0 Å². The molecule has 13 heavy (non-hydrogen) atoms. The van der Waals surface area contributed by atoms with Crippen LogP contribution in [-0.2, 0) is 4.79 Å². The highest BCUT2D eigenvalue weighted by Crippen LogP contribution is 2.49. The first kappa shape index (κ1) is 10.8. The van der Waals surface area contributed by atoms with Gasteiger partial charge < -0.3 is 5.11 Å². The molecule has 76 valence electrons. The maximum Gasteiger partial charge on any atom is 0.309 e. The van der Waals surface area contributed by atoms with E-state index in [1.807, 2.05) is 6.92 Å². The van der Waals surface area contributed by atoms with Gasteiger partial charge in [0.05, 0.1) is 5.41 Å². The maximum atomic E-state index is 11.2. The molecule has 0 spiro atoms. The second kappa shape index (κ2) is 3.12. The molecule has 0 radical (unpaired) electrons. The molecule has 0 aromatic carbocycles. The molecule has 0 aromatic heterocycles. The van der Waals surface area contributed by atoms with Gasteiger partial charge in [0.1, 0.15) is 0 Å². The summed E-state index contributed by atoms with van der Waals surface area (Å²) >= 11 is 0. The molecule has 0 saturated heterocycles. The van der Waals surface area contributed by atoms with E-state index in [9.17, 15) is 9.90 Å². The largest absolute Gasteiger partial charge is 0.481 e. The summed E-state index contributed by atoms with van der Waals surface area (Å²) in [6.07, 6.45) is 2.24. The number of rotatable bonds is 4. The topological polar surface area (TPSA) is 37.3 Å². The molecule has 0 bridgehead atoms. The fourth-order valence-electron chi connectivity index (χ4n) is 2.22. The standard InChI is InChI=1S/C10H20O2Si/c1-10(9(11)12,8-5-6-8)7-13(2,3)4/h8H,5-7H2,1-4H3,(H,11,12). The lowest BCUT2D eigenvalue weighted by atomic mass is 9.87. The van der Waals surface area contributed by atoms with Crippen LogP contribution in [0.15, 0.2) is 0 Å². The number of carboxylic acid groups (broad SMARTS) is 1. The van der Waals surface area contributed by atoms with Crippen LogP contribution in [0.4, 0.5) is 0 Å². The lowest BCUT2D eigenvalue weighted by Crippen LogP contribution is -2.38. The summed E-state index contributed by atoms with van der Waals surface area (Å²) in [5, 5.41) is 9.23. The van der Waals surface area contributed by atoms with Crippen LogP contribution in [0, 0.1) is 11.3 Å². The summed E-state index contributed by atoms with van der Waals surface area (Å²) in [5.41, 5.74) is -0.426. The molecule has 1 N–H and O–H groups in total. The van der Waals surface area contributed by atoms with Gasteiger partial charge in [-0.05, 0) is 31.7 Å². The maximum absolute atomic E-state index is 11.2. The van der Waals surface area contributed by atoms with Crippen molar-refractivity contribution >= 4 is 14.0 Å². The van der Waals surface area contributed by atoms with E-state index in [1.165, 1.54) is 0 Å². The summed E-state index contributed by atoms with van der Waals surface area (Å²) in [6.45, 7) is 8.68. The monoisotopic (exact) mass is 200 g/mol. The van der Waals surface area contributed by atoms with Gasteiger partial charge in [-0.3, -0.25) is 4.79 Å². The Hall–Kier alpha value is -0.313. The highest BCUT2D eigenvalue weighted by Gasteiger charge is 2.49. The molecule has 0 aromatic rings. The first-order valence-electron chi connectivity index (χ1n) is 4.99. The highest BCUT2D eigenvalue weighted by atomic mass is 28.3. The van der Waals surface area contributed by atoms with Crippen LogP contribution in [0.1, 0.15) is 19.8 Å². The van der Waals surface area contributed by atoms with Gasteiger partial charge in [0.2, 0.25) is 0 Å². The van der Waals surface area contributed by atoms with E-state index in [-0.39, 0.29) is 0 Å². The lowest BCUT2D eigenvalue weighted by molar-refractivity contribution is -0.148. The van der Waals surface area contributed by atoms with Crippen LogP contribution in [0.5, 0.6) is 0 Å². The molecule has 2 nitrogen and oxygen atoms in total. The van der Waals surface area contributed by atoms with Crippen LogP contribution in [-0.4, -0.2) is 19.1 Å². The predicted molar refractivity (Wildman–Crippen MR) is 56.6 cm³/mol. The SMILES string of the molecule is CC(C[Si](C)(C)C)(C(=O)O)C1CC1. The Morgan fingerprint density at radius 3 is 2.15 bits per heavy atom. The minimum Gasteiger partial charge on any atom is -0.481 e. The van der Waals surface area contributed by atoms with E-state index < -0.39 is 19.5 Å². The van der Waals surface area contributed by atoms with Gasteiger partial charge in [-0.15, -0.1) is 0 Å². The molecular weight excluding hydrogens is 180 g/mol. The zero-order chi connectivity index (χ0) is 10.3. The highest BCUT2D eigenvalue weighted by molar-refractivity contribution is 6.76. The Bertz CT molecular complexity index is 215. The molecule has 1 fully saturated rings. The average Bonchev–Trinajstić information content (AvgIpc) is 2.62. The van der Waals surface area contributed by atoms with Gasteiger partial charge in [0.15, 0.2) is 0 Å². The summed E-state index contributed by atoms with van der Waals surface area (Å²) in [7, 11) is -1.26. The average molecular weight is 200 g/mol. The number of hydrogen-bond acceptors (Lipinski definition) is 1. The Balaban J connectivity index is 2.73. The van der Waals surface area contributed by atoms with Gasteiger partial charge in [-0.2, -0.15) is 0 Å². The Kier molecular flexibility index (Phi) is 2.58. The van der Waals surface area contributed by atoms with E-state index in [2.05, 4.69) is 19.6 Å². The molecule has 1 saturated carbocycles. The van der Waals surface area contributed by atoms with E-state index in [4.69, 9.17) is 0 Å². The fraction of sp³-hybridized carbons (Fsp3) is 0.900. The van der Waals surface area contributed by atoms with Crippen molar-refractivity contribution in [1.29, 1.82) is 0 Å². The van der Waals surface area contributed by atoms with Crippen molar-refractivity contribution in [3.05, 3.63) is 0 Å². The van der Waals surface area contributed by atoms with Crippen LogP contribution in [0.2, 0.25) is 25.7 Å². The van der Waals surface area contributed by atoms with Crippen LogP contribution in [0.25, 0.3) is 0 Å². The second-order valence-electron chi connectivity index (χ2n) is 5.73. The van der Waals surface area contributed by atoms with Gasteiger partial charge >= 0.3 is 5.97 Å². The Labute approximate surface area is 81.4 Å². The molecule has 1 rings (SSSR count). The molecule has 0 aliphatic heterocycles. The Morgan fingerprint density at radius 2 is 1.92 bits per heavy atom. The molecule has 0 heterocycles. The van der Waals surface area contributed by atoms with Crippen molar-refractivity contribution < 1.29 is 9.90 Å². The molecular formula is C10H20O2Si. The number of aliphatic carboxylic acids is 1. The first-order chi connectivity index (χ1) is 5.76. The first-order valence-corrected chi connectivity index (χ1v) is 8.70. The zero-order valence-electron chi connectivity index (χ0n) is 9.05. The quantitative estimate of drug-likeness (QED) is 0.709. The summed E-state index contributed by atoms with van der Waals surface area (Å²) < 4.78 is 0. The number of carboxylic acids is 1. The van der Waals surface area contributed by atoms with Crippen molar-refractivity contribution in [2.45, 2.75) is 45.5 Å². The minimum atomic E-state index is -1.26. The molecule has 1 unspecified atom stereocenters. The van der Waals surface area contributed by atoms with Crippen molar-refractivity contribution in [3.63, 3.8) is 0 Å². The fourth-order valence-corrected chi connectivity index (χ4v) is 4.86. The van der Waals surface area contributed by atoms with Crippen LogP contribution < -0.4 is 0 Å². The van der Waals surface area contributed by atoms with E-state index in [1.54, 1.807) is 0 Å². The van der Waals surface area contributed by atoms with E-state index in [0.29, 0.717) is 5.92 Å². The third-order valence-electron chi connectivity index (χ3n) is 2.86. The van der Waals surface area contributed by atoms with Crippen LogP contribution >= 0.6 is 0 Å². The lowest BCUT2D eigenvalue weighted by Gasteiger charge is -2.31. The third-order valence-corrected chi connectivity index (χ3v) is 4.66. The zero-order valence-corrected chi connectivity index (χ0v) is 10.1. The molecule has 3 heteroatoms. The Morgan fingerprint density at radius 1 is 1.46 bits per heavy atom. The molecule has 1 aliphatic carbocycles. The molecule has 0 amide bonds. The third kappa shape index (κ3) is 2.56. The number of hydrogen-bond donors (Lipinski definition) is 1. The summed E-state index contributed by atoms with van der Waals surface area (Å²) in [6, 6.07) is 0.917. The van der Waals surface area contributed by atoms with Gasteiger partial charge in [-0.25, -0.2) is 0 Å². The van der Waals surface area contributed by atoms with Gasteiger partial charge in [0, 0.05) is 8.07 Å². The van der Waals surface area contributed by atoms with Crippen molar-refractivity contribution in [3.8, 4) is 0 Å². The smallest absolute Gasteiger partial charge is 0.309 e. The summed E-state index contributed by atoms with van der Waals surface area (Å²) in [4.78, 5) is 11.2.